The van der Waals surface area contributed by atoms with E-state index in [1.807, 2.05) is 0 Å². The van der Waals surface area contributed by atoms with Gasteiger partial charge < -0.3 is 5.32 Å². The molecule has 5 nitrogen and oxygen atoms in total. The van der Waals surface area contributed by atoms with Crippen molar-refractivity contribution in [3.8, 4) is 0 Å². The SMILES string of the molecule is Cc1cccc(S(=O)(=O)N2CCc3c(ccc(Cl)c3NC(=O)Cc3cccc(C(F)(F)F)c3F)C2)c1. The molecule has 1 amide bonds. The number of nitrogens with one attached hydrogen (secondary N) is 1. The third-order valence-electron chi connectivity index (χ3n) is 5.94. The molecule has 0 spiro atoms. The number of hydrogen-bond acceptors (Lipinski definition) is 3. The minimum Gasteiger partial charge on any atom is -0.324 e. The first kappa shape index (κ1) is 26.1. The summed E-state index contributed by atoms with van der Waals surface area (Å²) in [6, 6.07) is 12.5. The molecule has 36 heavy (non-hydrogen) atoms. The Morgan fingerprint density at radius 3 is 2.53 bits per heavy atom. The van der Waals surface area contributed by atoms with Crippen LogP contribution in [0.1, 0.15) is 27.8 Å². The number of alkyl halides is 3. The van der Waals surface area contributed by atoms with E-state index in [9.17, 15) is 30.8 Å². The van der Waals surface area contributed by atoms with Crippen LogP contribution >= 0.6 is 11.6 Å². The van der Waals surface area contributed by atoms with Gasteiger partial charge in [0.1, 0.15) is 5.82 Å². The molecule has 0 aliphatic carbocycles. The van der Waals surface area contributed by atoms with Crippen LogP contribution in [0.5, 0.6) is 0 Å². The third-order valence-corrected chi connectivity index (χ3v) is 8.10. The first-order chi connectivity index (χ1) is 16.9. The minimum absolute atomic E-state index is 0.0495. The molecule has 0 saturated carbocycles. The summed E-state index contributed by atoms with van der Waals surface area (Å²) < 4.78 is 80.9. The van der Waals surface area contributed by atoms with Crippen LogP contribution < -0.4 is 5.32 Å². The Balaban J connectivity index is 1.56. The van der Waals surface area contributed by atoms with Gasteiger partial charge in [-0.2, -0.15) is 17.5 Å². The van der Waals surface area contributed by atoms with Crippen molar-refractivity contribution in [2.45, 2.75) is 37.4 Å². The van der Waals surface area contributed by atoms with Crippen LogP contribution in [-0.2, 0) is 40.4 Å². The molecule has 0 fully saturated rings. The maximum Gasteiger partial charge on any atom is 0.419 e. The van der Waals surface area contributed by atoms with Gasteiger partial charge in [-0.3, -0.25) is 4.79 Å². The lowest BCUT2D eigenvalue weighted by molar-refractivity contribution is -0.140. The number of carbonyl (C=O) groups is 1. The van der Waals surface area contributed by atoms with Gasteiger partial charge >= 0.3 is 6.18 Å². The van der Waals surface area contributed by atoms with Crippen LogP contribution in [0.25, 0.3) is 0 Å². The van der Waals surface area contributed by atoms with Crippen molar-refractivity contribution in [2.24, 2.45) is 0 Å². The molecule has 0 aromatic heterocycles. The van der Waals surface area contributed by atoms with Crippen LogP contribution in [0.15, 0.2) is 59.5 Å². The Morgan fingerprint density at radius 1 is 1.11 bits per heavy atom. The van der Waals surface area contributed by atoms with Gasteiger partial charge in [0.15, 0.2) is 0 Å². The van der Waals surface area contributed by atoms with Gasteiger partial charge in [-0.1, -0.05) is 41.9 Å². The topological polar surface area (TPSA) is 66.5 Å². The fraction of sp³-hybridized carbons (Fsp3) is 0.240. The molecule has 0 bridgehead atoms. The van der Waals surface area contributed by atoms with E-state index in [0.29, 0.717) is 17.2 Å². The Kier molecular flexibility index (Phi) is 7.14. The van der Waals surface area contributed by atoms with E-state index in [1.165, 1.54) is 16.4 Å². The molecule has 11 heteroatoms. The number of hydrogen-bond donors (Lipinski definition) is 1. The Labute approximate surface area is 210 Å². The molecular formula is C25H21ClF4N2O3S. The van der Waals surface area contributed by atoms with Crippen molar-refractivity contribution in [1.29, 1.82) is 0 Å². The number of nitrogens with zero attached hydrogens (tertiary/aromatic N) is 1. The molecule has 4 rings (SSSR count). The molecule has 0 saturated heterocycles. The fourth-order valence-electron chi connectivity index (χ4n) is 4.16. The normalized spacial score (nSPS) is 14.4. The second-order valence-corrected chi connectivity index (χ2v) is 10.8. The lowest BCUT2D eigenvalue weighted by Crippen LogP contribution is -2.36. The van der Waals surface area contributed by atoms with Crippen molar-refractivity contribution in [3.63, 3.8) is 0 Å². The number of anilines is 1. The highest BCUT2D eigenvalue weighted by Gasteiger charge is 2.35. The zero-order valence-electron chi connectivity index (χ0n) is 19.0. The van der Waals surface area contributed by atoms with Crippen molar-refractivity contribution in [3.05, 3.63) is 93.3 Å². The summed E-state index contributed by atoms with van der Waals surface area (Å²) in [5.41, 5.74) is 0.441. The summed E-state index contributed by atoms with van der Waals surface area (Å²) >= 11 is 6.29. The Morgan fingerprint density at radius 2 is 1.83 bits per heavy atom. The predicted molar refractivity (Wildman–Crippen MR) is 128 cm³/mol. The standard InChI is InChI=1S/C25H21ClF4N2O3S/c1-15-4-2-6-18(12-15)36(34,35)32-11-10-19-17(14-32)8-9-21(26)24(19)31-22(33)13-16-5-3-7-20(23(16)27)25(28,29)30/h2-9,12H,10-11,13-14H2,1H3,(H,31,33). The smallest absolute Gasteiger partial charge is 0.324 e. The summed E-state index contributed by atoms with van der Waals surface area (Å²) in [6.07, 6.45) is -5.28. The van der Waals surface area contributed by atoms with Crippen LogP contribution in [0, 0.1) is 12.7 Å². The first-order valence-electron chi connectivity index (χ1n) is 10.9. The lowest BCUT2D eigenvalue weighted by atomic mass is 9.98. The number of benzene rings is 3. The van der Waals surface area contributed by atoms with E-state index < -0.39 is 45.5 Å². The lowest BCUT2D eigenvalue weighted by Gasteiger charge is -2.30. The second kappa shape index (κ2) is 9.84. The van der Waals surface area contributed by atoms with Crippen molar-refractivity contribution >= 4 is 33.2 Å². The summed E-state index contributed by atoms with van der Waals surface area (Å²) in [4.78, 5) is 12.8. The van der Waals surface area contributed by atoms with E-state index >= 15 is 0 Å². The van der Waals surface area contributed by atoms with E-state index in [4.69, 9.17) is 11.6 Å². The van der Waals surface area contributed by atoms with Gasteiger partial charge in [0, 0.05) is 13.1 Å². The highest BCUT2D eigenvalue weighted by Crippen LogP contribution is 2.35. The Hall–Kier alpha value is -2.95. The number of amides is 1. The molecule has 1 aliphatic heterocycles. The van der Waals surface area contributed by atoms with Crippen LogP contribution in [-0.4, -0.2) is 25.2 Å². The number of rotatable bonds is 5. The van der Waals surface area contributed by atoms with E-state index in [2.05, 4.69) is 5.32 Å². The summed E-state index contributed by atoms with van der Waals surface area (Å²) in [5, 5.41) is 2.76. The molecule has 0 radical (unpaired) electrons. The largest absolute Gasteiger partial charge is 0.419 e. The maximum atomic E-state index is 14.4. The van der Waals surface area contributed by atoms with Crippen LogP contribution in [0.3, 0.4) is 0 Å². The zero-order valence-corrected chi connectivity index (χ0v) is 20.6. The predicted octanol–water partition coefficient (Wildman–Crippen LogP) is 5.73. The number of fused-ring (bicyclic) bond motifs is 1. The fourth-order valence-corrected chi connectivity index (χ4v) is 5.91. The third kappa shape index (κ3) is 5.25. The quantitative estimate of drug-likeness (QED) is 0.420. The highest BCUT2D eigenvalue weighted by atomic mass is 35.5. The number of sulfonamides is 1. The van der Waals surface area contributed by atoms with Crippen LogP contribution in [0.4, 0.5) is 23.2 Å². The van der Waals surface area contributed by atoms with Gasteiger partial charge in [-0.15, -0.1) is 0 Å². The minimum atomic E-state index is -4.89. The average Bonchev–Trinajstić information content (AvgIpc) is 2.81. The molecule has 190 valence electrons. The molecule has 3 aromatic rings. The summed E-state index contributed by atoms with van der Waals surface area (Å²) in [7, 11) is -3.76. The van der Waals surface area contributed by atoms with E-state index in [0.717, 1.165) is 17.7 Å². The van der Waals surface area contributed by atoms with E-state index in [-0.39, 0.29) is 35.1 Å². The average molecular weight is 541 g/mol. The number of halogens is 5. The summed E-state index contributed by atoms with van der Waals surface area (Å²) in [5.74, 6) is -2.25. The van der Waals surface area contributed by atoms with Crippen molar-refractivity contribution < 1.29 is 30.8 Å². The van der Waals surface area contributed by atoms with Gasteiger partial charge in [0.05, 0.1) is 27.6 Å². The van der Waals surface area contributed by atoms with Gasteiger partial charge in [0.2, 0.25) is 15.9 Å². The van der Waals surface area contributed by atoms with Crippen LogP contribution in [0.2, 0.25) is 5.02 Å². The zero-order chi connectivity index (χ0) is 26.3. The number of carbonyl (C=O) groups excluding carboxylic acids is 1. The molecule has 0 atom stereocenters. The van der Waals surface area contributed by atoms with Gasteiger partial charge in [0.25, 0.3) is 0 Å². The van der Waals surface area contributed by atoms with Crippen molar-refractivity contribution in [2.75, 3.05) is 11.9 Å². The molecule has 1 aliphatic rings. The maximum absolute atomic E-state index is 14.4. The molecule has 0 unspecified atom stereocenters. The van der Waals surface area contributed by atoms with Gasteiger partial charge in [-0.25, -0.2) is 12.8 Å². The molecule has 3 aromatic carbocycles. The van der Waals surface area contributed by atoms with E-state index in [1.54, 1.807) is 31.2 Å². The summed E-state index contributed by atoms with van der Waals surface area (Å²) in [6.45, 7) is 1.98. The number of aryl methyl sites for hydroxylation is 1. The second-order valence-electron chi connectivity index (χ2n) is 8.47. The molecular weight excluding hydrogens is 520 g/mol. The monoisotopic (exact) mass is 540 g/mol. The highest BCUT2D eigenvalue weighted by molar-refractivity contribution is 7.89. The Bertz CT molecular complexity index is 1440. The molecule has 1 N–H and O–H groups in total. The van der Waals surface area contributed by atoms with Crippen molar-refractivity contribution in [1.82, 2.24) is 4.31 Å². The first-order valence-corrected chi connectivity index (χ1v) is 12.7. The molecule has 1 heterocycles. The van der Waals surface area contributed by atoms with Gasteiger partial charge in [-0.05, 0) is 59.9 Å².